The minimum atomic E-state index is 0.0547. The van der Waals surface area contributed by atoms with E-state index in [4.69, 9.17) is 33.7 Å². The number of nitrogen functional groups attached to an aromatic ring is 1. The lowest BCUT2D eigenvalue weighted by Crippen LogP contribution is -2.06. The number of nitrogens with zero attached hydrogens (tertiary/aromatic N) is 3. The largest absolute Gasteiger partial charge is 0.464 e. The molecule has 0 spiro atoms. The van der Waals surface area contributed by atoms with E-state index in [1.54, 1.807) is 18.2 Å². The van der Waals surface area contributed by atoms with Crippen LogP contribution in [0.3, 0.4) is 0 Å². The summed E-state index contributed by atoms with van der Waals surface area (Å²) in [6.45, 7) is 2.25. The number of nitrogens with one attached hydrogen (secondary N) is 1. The molecule has 0 aliphatic heterocycles. The second-order valence-corrected chi connectivity index (χ2v) is 4.24. The Kier molecular flexibility index (Phi) is 4.24. The minimum absolute atomic E-state index is 0.0547. The first-order chi connectivity index (χ1) is 9.10. The summed E-state index contributed by atoms with van der Waals surface area (Å²) in [6.07, 6.45) is 0. The zero-order chi connectivity index (χ0) is 13.8. The van der Waals surface area contributed by atoms with Crippen molar-refractivity contribution in [2.45, 2.75) is 6.92 Å². The zero-order valence-electron chi connectivity index (χ0n) is 10.0. The molecule has 8 heteroatoms. The van der Waals surface area contributed by atoms with E-state index < -0.39 is 0 Å². The van der Waals surface area contributed by atoms with Crippen molar-refractivity contribution in [3.8, 4) is 6.01 Å². The van der Waals surface area contributed by atoms with Crippen molar-refractivity contribution in [3.63, 3.8) is 0 Å². The lowest BCUT2D eigenvalue weighted by atomic mass is 10.3. The van der Waals surface area contributed by atoms with Crippen LogP contribution in [-0.4, -0.2) is 21.6 Å². The molecule has 3 N–H and O–H groups in total. The normalized spacial score (nSPS) is 10.3. The maximum atomic E-state index is 6.06. The number of ether oxygens (including phenoxy) is 1. The summed E-state index contributed by atoms with van der Waals surface area (Å²) in [5.74, 6) is 0.291. The second kappa shape index (κ2) is 5.90. The lowest BCUT2D eigenvalue weighted by molar-refractivity contribution is 0.312. The molecule has 0 saturated heterocycles. The summed E-state index contributed by atoms with van der Waals surface area (Å²) in [6, 6.07) is 5.33. The van der Waals surface area contributed by atoms with Gasteiger partial charge < -0.3 is 15.8 Å². The molecule has 0 radical (unpaired) electrons. The number of aromatic nitrogens is 3. The Morgan fingerprint density at radius 1 is 1.26 bits per heavy atom. The molecule has 0 aliphatic rings. The summed E-state index contributed by atoms with van der Waals surface area (Å²) in [5, 5.41) is 3.72. The third kappa shape index (κ3) is 3.36. The molecule has 0 fully saturated rings. The highest BCUT2D eigenvalue weighted by Crippen LogP contribution is 2.31. The van der Waals surface area contributed by atoms with E-state index in [1.165, 1.54) is 0 Å². The lowest BCUT2D eigenvalue weighted by Gasteiger charge is -2.09. The van der Waals surface area contributed by atoms with E-state index in [9.17, 15) is 0 Å². The third-order valence-corrected chi connectivity index (χ3v) is 2.92. The van der Waals surface area contributed by atoms with Crippen LogP contribution >= 0.6 is 23.2 Å². The Labute approximate surface area is 119 Å². The van der Waals surface area contributed by atoms with Gasteiger partial charge in [0.2, 0.25) is 11.9 Å². The molecule has 0 atom stereocenters. The van der Waals surface area contributed by atoms with Crippen LogP contribution in [0.4, 0.5) is 17.6 Å². The molecular weight excluding hydrogens is 289 g/mol. The van der Waals surface area contributed by atoms with Crippen LogP contribution in [0.25, 0.3) is 0 Å². The van der Waals surface area contributed by atoms with Crippen molar-refractivity contribution in [1.82, 2.24) is 15.0 Å². The number of anilines is 3. The molecule has 0 saturated carbocycles. The average Bonchev–Trinajstić information content (AvgIpc) is 2.35. The van der Waals surface area contributed by atoms with Crippen molar-refractivity contribution in [1.29, 1.82) is 0 Å². The number of halogens is 2. The number of hydrogen-bond donors (Lipinski definition) is 2. The highest BCUT2D eigenvalue weighted by molar-refractivity contribution is 6.43. The number of hydrogen-bond acceptors (Lipinski definition) is 6. The molecule has 0 aliphatic carbocycles. The van der Waals surface area contributed by atoms with Gasteiger partial charge in [-0.05, 0) is 19.1 Å². The van der Waals surface area contributed by atoms with Crippen LogP contribution in [-0.2, 0) is 0 Å². The van der Waals surface area contributed by atoms with Gasteiger partial charge in [0.15, 0.2) is 0 Å². The fourth-order valence-corrected chi connectivity index (χ4v) is 1.69. The summed E-state index contributed by atoms with van der Waals surface area (Å²) in [5.41, 5.74) is 6.14. The Hall–Kier alpha value is -1.79. The van der Waals surface area contributed by atoms with Crippen LogP contribution in [0.2, 0.25) is 10.0 Å². The molecule has 1 aromatic carbocycles. The predicted octanol–water partition coefficient (Wildman–Crippen LogP) is 2.90. The fraction of sp³-hybridized carbons (Fsp3) is 0.182. The SMILES string of the molecule is CCOc1nc(N)nc(Nc2cccc(Cl)c2Cl)n1. The Bertz CT molecular complexity index is 593. The Balaban J connectivity index is 2.30. The maximum Gasteiger partial charge on any atom is 0.323 e. The highest BCUT2D eigenvalue weighted by Gasteiger charge is 2.09. The van der Waals surface area contributed by atoms with Crippen LogP contribution in [0.1, 0.15) is 6.92 Å². The molecule has 100 valence electrons. The van der Waals surface area contributed by atoms with Gasteiger partial charge in [0.1, 0.15) is 0 Å². The van der Waals surface area contributed by atoms with E-state index in [2.05, 4.69) is 20.3 Å². The molecular formula is C11H11Cl2N5O. The van der Waals surface area contributed by atoms with Gasteiger partial charge in [-0.25, -0.2) is 0 Å². The van der Waals surface area contributed by atoms with E-state index in [0.29, 0.717) is 22.3 Å². The van der Waals surface area contributed by atoms with E-state index in [-0.39, 0.29) is 17.9 Å². The van der Waals surface area contributed by atoms with Gasteiger partial charge >= 0.3 is 6.01 Å². The van der Waals surface area contributed by atoms with Crippen molar-refractivity contribution >= 4 is 40.8 Å². The number of rotatable bonds is 4. The smallest absolute Gasteiger partial charge is 0.323 e. The first kappa shape index (κ1) is 13.6. The first-order valence-electron chi connectivity index (χ1n) is 5.45. The van der Waals surface area contributed by atoms with Gasteiger partial charge in [0.05, 0.1) is 22.3 Å². The Morgan fingerprint density at radius 3 is 2.79 bits per heavy atom. The van der Waals surface area contributed by atoms with Gasteiger partial charge in [-0.15, -0.1) is 0 Å². The third-order valence-electron chi connectivity index (χ3n) is 2.10. The summed E-state index contributed by atoms with van der Waals surface area (Å²) in [7, 11) is 0. The molecule has 0 bridgehead atoms. The van der Waals surface area contributed by atoms with Crippen molar-refractivity contribution in [3.05, 3.63) is 28.2 Å². The quantitative estimate of drug-likeness (QED) is 0.903. The molecule has 1 aromatic heterocycles. The fourth-order valence-electron chi connectivity index (χ4n) is 1.34. The second-order valence-electron chi connectivity index (χ2n) is 3.46. The zero-order valence-corrected chi connectivity index (χ0v) is 11.5. The molecule has 1 heterocycles. The van der Waals surface area contributed by atoms with Crippen molar-refractivity contribution in [2.24, 2.45) is 0 Å². The number of nitrogens with two attached hydrogens (primary N) is 1. The van der Waals surface area contributed by atoms with E-state index in [1.807, 2.05) is 6.92 Å². The van der Waals surface area contributed by atoms with E-state index >= 15 is 0 Å². The van der Waals surface area contributed by atoms with Gasteiger partial charge in [-0.2, -0.15) is 15.0 Å². The Morgan fingerprint density at radius 2 is 2.05 bits per heavy atom. The predicted molar refractivity (Wildman–Crippen MR) is 75.2 cm³/mol. The van der Waals surface area contributed by atoms with Crippen LogP contribution in [0, 0.1) is 0 Å². The molecule has 19 heavy (non-hydrogen) atoms. The van der Waals surface area contributed by atoms with E-state index in [0.717, 1.165) is 0 Å². The van der Waals surface area contributed by atoms with Gasteiger partial charge in [-0.3, -0.25) is 0 Å². The molecule has 0 amide bonds. The monoisotopic (exact) mass is 299 g/mol. The van der Waals surface area contributed by atoms with Crippen LogP contribution in [0.5, 0.6) is 6.01 Å². The molecule has 6 nitrogen and oxygen atoms in total. The minimum Gasteiger partial charge on any atom is -0.464 e. The standard InChI is InChI=1S/C11H11Cl2N5O/c1-2-19-11-17-9(14)16-10(18-11)15-7-5-3-4-6(12)8(7)13/h3-5H,2H2,1H3,(H3,14,15,16,17,18). The summed E-state index contributed by atoms with van der Waals surface area (Å²) >= 11 is 12.0. The maximum absolute atomic E-state index is 6.06. The average molecular weight is 300 g/mol. The molecule has 2 rings (SSSR count). The topological polar surface area (TPSA) is 86.0 Å². The van der Waals surface area contributed by atoms with Crippen molar-refractivity contribution < 1.29 is 4.74 Å². The summed E-state index contributed by atoms with van der Waals surface area (Å²) in [4.78, 5) is 11.8. The van der Waals surface area contributed by atoms with Crippen LogP contribution < -0.4 is 15.8 Å². The number of benzene rings is 1. The highest BCUT2D eigenvalue weighted by atomic mass is 35.5. The van der Waals surface area contributed by atoms with Gasteiger partial charge in [-0.1, -0.05) is 29.3 Å². The van der Waals surface area contributed by atoms with Gasteiger partial charge in [0.25, 0.3) is 0 Å². The van der Waals surface area contributed by atoms with Gasteiger partial charge in [0, 0.05) is 0 Å². The van der Waals surface area contributed by atoms with Crippen LogP contribution in [0.15, 0.2) is 18.2 Å². The molecule has 2 aromatic rings. The first-order valence-corrected chi connectivity index (χ1v) is 6.21. The molecule has 0 unspecified atom stereocenters. The van der Waals surface area contributed by atoms with Crippen molar-refractivity contribution in [2.75, 3.05) is 17.7 Å². The summed E-state index contributed by atoms with van der Waals surface area (Å²) < 4.78 is 5.18.